The van der Waals surface area contributed by atoms with Gasteiger partial charge in [-0.2, -0.15) is 0 Å². The van der Waals surface area contributed by atoms with E-state index in [9.17, 15) is 21.6 Å². The van der Waals surface area contributed by atoms with Crippen LogP contribution < -0.4 is 23.8 Å². The molecule has 13 heteroatoms. The smallest absolute Gasteiger partial charge is 0.264 e. The highest BCUT2D eigenvalue weighted by Crippen LogP contribution is 2.31. The molecule has 4 rings (SSSR count). The van der Waals surface area contributed by atoms with E-state index in [0.717, 1.165) is 15.4 Å². The highest BCUT2D eigenvalue weighted by molar-refractivity contribution is 7.93. The summed E-state index contributed by atoms with van der Waals surface area (Å²) < 4.78 is 67.2. The Morgan fingerprint density at radius 2 is 1.44 bits per heavy atom. The average Bonchev–Trinajstić information content (AvgIpc) is 2.98. The summed E-state index contributed by atoms with van der Waals surface area (Å²) in [4.78, 5) is 13.0. The van der Waals surface area contributed by atoms with Crippen LogP contribution in [0.2, 0.25) is 5.02 Å². The van der Waals surface area contributed by atoms with Gasteiger partial charge in [0.1, 0.15) is 18.0 Å². The van der Waals surface area contributed by atoms with Gasteiger partial charge in [0, 0.05) is 16.8 Å². The lowest BCUT2D eigenvalue weighted by Crippen LogP contribution is -2.38. The quantitative estimate of drug-likeness (QED) is 0.217. The molecule has 2 N–H and O–H groups in total. The SMILES string of the molecule is COc1ccc(NS(=O)(=O)c2ccc(NC(=O)CN(c3ccc(C)c(C)c3)S(=O)(=O)c3ccc(Cl)cc3)cc2)c(OC)c1. The van der Waals surface area contributed by atoms with E-state index in [1.165, 1.54) is 68.8 Å². The molecule has 1 amide bonds. The number of nitrogens with zero attached hydrogens (tertiary/aromatic N) is 1. The molecule has 4 aromatic carbocycles. The van der Waals surface area contributed by atoms with Crippen LogP contribution in [0.25, 0.3) is 0 Å². The maximum atomic E-state index is 13.6. The zero-order chi connectivity index (χ0) is 31.4. The molecule has 0 aromatic heterocycles. The largest absolute Gasteiger partial charge is 0.497 e. The Hall–Kier alpha value is -4.26. The van der Waals surface area contributed by atoms with Crippen molar-refractivity contribution in [3.63, 3.8) is 0 Å². The Morgan fingerprint density at radius 1 is 0.791 bits per heavy atom. The van der Waals surface area contributed by atoms with Crippen LogP contribution in [0, 0.1) is 13.8 Å². The molecule has 0 spiro atoms. The minimum absolute atomic E-state index is 0.0292. The van der Waals surface area contributed by atoms with Gasteiger partial charge in [0.25, 0.3) is 20.0 Å². The summed E-state index contributed by atoms with van der Waals surface area (Å²) in [6, 6.07) is 20.9. The van der Waals surface area contributed by atoms with E-state index in [1.807, 2.05) is 13.8 Å². The number of carbonyl (C=O) groups excluding carboxylic acids is 1. The molecule has 0 bridgehead atoms. The van der Waals surface area contributed by atoms with E-state index in [4.69, 9.17) is 21.1 Å². The van der Waals surface area contributed by atoms with Gasteiger partial charge >= 0.3 is 0 Å². The number of rotatable bonds is 11. The van der Waals surface area contributed by atoms with Crippen molar-refractivity contribution < 1.29 is 31.1 Å². The third-order valence-electron chi connectivity index (χ3n) is 6.57. The van der Waals surface area contributed by atoms with Gasteiger partial charge in [-0.15, -0.1) is 0 Å². The average molecular weight is 644 g/mol. The topological polar surface area (TPSA) is 131 Å². The molecular formula is C30H30ClN3O7S2. The van der Waals surface area contributed by atoms with Crippen LogP contribution in [0.1, 0.15) is 11.1 Å². The molecule has 0 aliphatic carbocycles. The van der Waals surface area contributed by atoms with E-state index in [1.54, 1.807) is 30.3 Å². The Balaban J connectivity index is 1.54. The molecule has 0 atom stereocenters. The summed E-state index contributed by atoms with van der Waals surface area (Å²) in [5, 5.41) is 3.02. The van der Waals surface area contributed by atoms with Crippen LogP contribution in [0.4, 0.5) is 17.1 Å². The summed E-state index contributed by atoms with van der Waals surface area (Å²) in [7, 11) is -5.26. The molecule has 226 valence electrons. The van der Waals surface area contributed by atoms with Crippen molar-refractivity contribution in [2.24, 2.45) is 0 Å². The zero-order valence-corrected chi connectivity index (χ0v) is 26.2. The number of benzene rings is 4. The predicted molar refractivity (Wildman–Crippen MR) is 167 cm³/mol. The van der Waals surface area contributed by atoms with Gasteiger partial charge in [0.2, 0.25) is 5.91 Å². The van der Waals surface area contributed by atoms with Crippen LogP contribution >= 0.6 is 11.6 Å². The molecule has 0 fully saturated rings. The summed E-state index contributed by atoms with van der Waals surface area (Å²) in [5.74, 6) is 0.137. The summed E-state index contributed by atoms with van der Waals surface area (Å²) in [6.07, 6.45) is 0. The van der Waals surface area contributed by atoms with Gasteiger partial charge in [0.15, 0.2) is 0 Å². The highest BCUT2D eigenvalue weighted by Gasteiger charge is 2.28. The zero-order valence-electron chi connectivity index (χ0n) is 23.8. The van der Waals surface area contributed by atoms with Crippen molar-refractivity contribution in [3.05, 3.63) is 101 Å². The number of hydrogen-bond donors (Lipinski definition) is 2. The highest BCUT2D eigenvalue weighted by atomic mass is 35.5. The van der Waals surface area contributed by atoms with Gasteiger partial charge in [-0.1, -0.05) is 17.7 Å². The number of nitrogens with one attached hydrogen (secondary N) is 2. The van der Waals surface area contributed by atoms with Crippen LogP contribution in [-0.4, -0.2) is 43.5 Å². The standard InChI is InChI=1S/C30H30ClN3O7S2/c1-20-5-10-24(17-21(20)2)34(43(38,39)27-12-6-22(31)7-13-27)19-30(35)32-23-8-14-26(15-9-23)42(36,37)33-28-16-11-25(40-3)18-29(28)41-4/h5-18,33H,19H2,1-4H3,(H,32,35). The monoisotopic (exact) mass is 643 g/mol. The third kappa shape index (κ3) is 7.39. The van der Waals surface area contributed by atoms with Gasteiger partial charge < -0.3 is 14.8 Å². The first-order valence-corrected chi connectivity index (χ1v) is 16.1. The molecule has 0 heterocycles. The van der Waals surface area contributed by atoms with Crippen LogP contribution in [0.5, 0.6) is 11.5 Å². The number of hydrogen-bond acceptors (Lipinski definition) is 7. The van der Waals surface area contributed by atoms with Crippen LogP contribution in [-0.2, 0) is 24.8 Å². The van der Waals surface area contributed by atoms with Gasteiger partial charge in [0.05, 0.1) is 35.4 Å². The molecule has 0 radical (unpaired) electrons. The lowest BCUT2D eigenvalue weighted by atomic mass is 10.1. The number of ether oxygens (including phenoxy) is 2. The first-order chi connectivity index (χ1) is 20.3. The summed E-state index contributed by atoms with van der Waals surface area (Å²) >= 11 is 5.95. The fourth-order valence-corrected chi connectivity index (χ4v) is 6.67. The second-order valence-corrected chi connectivity index (χ2v) is 13.5. The summed E-state index contributed by atoms with van der Waals surface area (Å²) in [6.45, 7) is 3.21. The fraction of sp³-hybridized carbons (Fsp3) is 0.167. The third-order valence-corrected chi connectivity index (χ3v) is 9.99. The maximum absolute atomic E-state index is 13.6. The Bertz CT molecular complexity index is 1850. The Kier molecular flexibility index (Phi) is 9.53. The van der Waals surface area contributed by atoms with Crippen LogP contribution in [0.3, 0.4) is 0 Å². The van der Waals surface area contributed by atoms with Gasteiger partial charge in [-0.25, -0.2) is 16.8 Å². The first kappa shape index (κ1) is 31.7. The normalized spacial score (nSPS) is 11.5. The van der Waals surface area contributed by atoms with Crippen LogP contribution in [0.15, 0.2) is 94.7 Å². The number of halogens is 1. The lowest BCUT2D eigenvalue weighted by Gasteiger charge is -2.25. The second-order valence-electron chi connectivity index (χ2n) is 9.48. The molecule has 0 aliphatic heterocycles. The molecule has 43 heavy (non-hydrogen) atoms. The van der Waals surface area contributed by atoms with E-state index in [-0.39, 0.29) is 26.9 Å². The first-order valence-electron chi connectivity index (χ1n) is 12.8. The van der Waals surface area contributed by atoms with Gasteiger partial charge in [-0.3, -0.25) is 13.8 Å². The molecule has 10 nitrogen and oxygen atoms in total. The molecule has 0 saturated heterocycles. The predicted octanol–water partition coefficient (Wildman–Crippen LogP) is 5.61. The van der Waals surface area contributed by atoms with E-state index in [0.29, 0.717) is 16.5 Å². The maximum Gasteiger partial charge on any atom is 0.264 e. The fourth-order valence-electron chi connectivity index (χ4n) is 4.06. The van der Waals surface area contributed by atoms with Crippen molar-refractivity contribution in [2.45, 2.75) is 23.6 Å². The number of anilines is 3. The molecule has 0 unspecified atom stereocenters. The molecular weight excluding hydrogens is 614 g/mol. The number of aryl methyl sites for hydroxylation is 2. The Morgan fingerprint density at radius 3 is 2.05 bits per heavy atom. The Labute approximate surface area is 256 Å². The van der Waals surface area contributed by atoms with E-state index in [2.05, 4.69) is 10.0 Å². The molecule has 4 aromatic rings. The summed E-state index contributed by atoms with van der Waals surface area (Å²) in [5.41, 5.74) is 2.62. The lowest BCUT2D eigenvalue weighted by molar-refractivity contribution is -0.114. The minimum atomic E-state index is -4.15. The van der Waals surface area contributed by atoms with Crippen molar-refractivity contribution in [2.75, 3.05) is 35.1 Å². The number of amides is 1. The van der Waals surface area contributed by atoms with E-state index >= 15 is 0 Å². The molecule has 0 aliphatic rings. The van der Waals surface area contributed by atoms with E-state index < -0.39 is 32.5 Å². The molecule has 0 saturated carbocycles. The minimum Gasteiger partial charge on any atom is -0.497 e. The number of sulfonamides is 2. The van der Waals surface area contributed by atoms with Crippen molar-refractivity contribution in [1.82, 2.24) is 0 Å². The van der Waals surface area contributed by atoms with Crippen molar-refractivity contribution >= 4 is 54.6 Å². The second kappa shape index (κ2) is 12.9. The van der Waals surface area contributed by atoms with Crippen molar-refractivity contribution in [1.29, 1.82) is 0 Å². The van der Waals surface area contributed by atoms with Gasteiger partial charge in [-0.05, 0) is 97.8 Å². The van der Waals surface area contributed by atoms with Crippen molar-refractivity contribution in [3.8, 4) is 11.5 Å². The number of methoxy groups -OCH3 is 2. The number of carbonyl (C=O) groups is 1.